The predicted molar refractivity (Wildman–Crippen MR) is 108 cm³/mol. The zero-order chi connectivity index (χ0) is 21.3. The number of ether oxygens (including phenoxy) is 1. The number of likely N-dealkylation sites (N-methyl/N-ethyl adjacent to an activating group) is 1. The van der Waals surface area contributed by atoms with Crippen LogP contribution in [0.5, 0.6) is 5.75 Å². The van der Waals surface area contributed by atoms with Crippen molar-refractivity contribution < 1.29 is 23.5 Å². The summed E-state index contributed by atoms with van der Waals surface area (Å²) < 4.78 is 19.2. The molecule has 3 aliphatic rings. The van der Waals surface area contributed by atoms with Gasteiger partial charge in [-0.05, 0) is 56.0 Å². The van der Waals surface area contributed by atoms with Crippen LogP contribution in [0, 0.1) is 0 Å². The minimum absolute atomic E-state index is 0.00195. The first kappa shape index (κ1) is 20.8. The second-order valence-corrected chi connectivity index (χ2v) is 8.19. The Morgan fingerprint density at radius 3 is 2.80 bits per heavy atom. The number of benzene rings is 1. The fourth-order valence-corrected chi connectivity index (χ4v) is 4.93. The van der Waals surface area contributed by atoms with Gasteiger partial charge in [-0.15, -0.1) is 0 Å². The van der Waals surface area contributed by atoms with Crippen LogP contribution in [0.25, 0.3) is 0 Å². The molecule has 8 heteroatoms. The maximum atomic E-state index is 12.9. The summed E-state index contributed by atoms with van der Waals surface area (Å²) in [6.07, 6.45) is 3.54. The molecule has 0 bridgehead atoms. The molecule has 1 saturated carbocycles. The number of carbonyl (C=O) groups is 3. The molecular weight excluding hydrogens is 389 g/mol. The number of carbonyl (C=O) groups excluding carboxylic acids is 3. The van der Waals surface area contributed by atoms with Gasteiger partial charge < -0.3 is 9.64 Å². The van der Waals surface area contributed by atoms with Crippen LogP contribution in [0.3, 0.4) is 0 Å². The van der Waals surface area contributed by atoms with Gasteiger partial charge in [0.25, 0.3) is 5.91 Å². The number of hydrogen-bond acceptors (Lipinski definition) is 5. The first-order valence-electron chi connectivity index (χ1n) is 10.8. The Labute approximate surface area is 175 Å². The number of imide groups is 1. The van der Waals surface area contributed by atoms with Crippen LogP contribution in [0.4, 0.5) is 4.39 Å². The third-order valence-electron chi connectivity index (χ3n) is 6.45. The highest BCUT2D eigenvalue weighted by molar-refractivity contribution is 6.05. The topological polar surface area (TPSA) is 79.0 Å². The quantitative estimate of drug-likeness (QED) is 0.687. The molecule has 0 radical (unpaired) electrons. The van der Waals surface area contributed by atoms with Gasteiger partial charge in [-0.2, -0.15) is 0 Å². The smallest absolute Gasteiger partial charge is 0.255 e. The Morgan fingerprint density at radius 1 is 1.23 bits per heavy atom. The van der Waals surface area contributed by atoms with Crippen LogP contribution in [0.15, 0.2) is 18.2 Å². The van der Waals surface area contributed by atoms with Crippen molar-refractivity contribution in [3.63, 3.8) is 0 Å². The predicted octanol–water partition coefficient (Wildman–Crippen LogP) is 2.04. The van der Waals surface area contributed by atoms with E-state index in [1.54, 1.807) is 12.1 Å². The van der Waals surface area contributed by atoms with Crippen molar-refractivity contribution in [3.05, 3.63) is 29.3 Å². The van der Waals surface area contributed by atoms with E-state index in [2.05, 4.69) is 10.2 Å². The van der Waals surface area contributed by atoms with Crippen LogP contribution in [0.2, 0.25) is 0 Å². The Kier molecular flexibility index (Phi) is 6.04. The molecule has 3 amide bonds. The van der Waals surface area contributed by atoms with Gasteiger partial charge in [0.2, 0.25) is 11.8 Å². The third kappa shape index (κ3) is 3.93. The molecule has 7 nitrogen and oxygen atoms in total. The average molecular weight is 417 g/mol. The monoisotopic (exact) mass is 417 g/mol. The van der Waals surface area contributed by atoms with E-state index in [0.29, 0.717) is 30.8 Å². The van der Waals surface area contributed by atoms with E-state index in [0.717, 1.165) is 31.4 Å². The molecule has 1 unspecified atom stereocenters. The number of halogens is 1. The van der Waals surface area contributed by atoms with Crippen molar-refractivity contribution in [2.24, 2.45) is 0 Å². The minimum atomic E-state index is -0.620. The van der Waals surface area contributed by atoms with E-state index < -0.39 is 11.9 Å². The number of hydrogen-bond donors (Lipinski definition) is 1. The van der Waals surface area contributed by atoms with Crippen LogP contribution < -0.4 is 10.1 Å². The maximum Gasteiger partial charge on any atom is 0.255 e. The molecule has 2 aliphatic heterocycles. The molecular formula is C22H28FN3O4. The Morgan fingerprint density at radius 2 is 2.07 bits per heavy atom. The zero-order valence-electron chi connectivity index (χ0n) is 17.2. The summed E-state index contributed by atoms with van der Waals surface area (Å²) in [5, 5.41) is 2.32. The third-order valence-corrected chi connectivity index (χ3v) is 6.45. The molecule has 3 atom stereocenters. The first-order valence-corrected chi connectivity index (χ1v) is 10.8. The van der Waals surface area contributed by atoms with Crippen LogP contribution in [-0.2, 0) is 16.1 Å². The van der Waals surface area contributed by atoms with E-state index in [1.165, 1.54) is 4.90 Å². The number of rotatable bonds is 7. The molecule has 1 N–H and O–H groups in total. The highest BCUT2D eigenvalue weighted by atomic mass is 19.1. The zero-order valence-corrected chi connectivity index (χ0v) is 17.2. The van der Waals surface area contributed by atoms with Crippen molar-refractivity contribution in [2.45, 2.75) is 63.8 Å². The largest absolute Gasteiger partial charge is 0.489 e. The lowest BCUT2D eigenvalue weighted by Gasteiger charge is -2.31. The summed E-state index contributed by atoms with van der Waals surface area (Å²) in [6, 6.07) is 5.00. The number of alkyl halides is 1. The fraction of sp³-hybridized carbons (Fsp3) is 0.591. The van der Waals surface area contributed by atoms with Gasteiger partial charge >= 0.3 is 0 Å². The molecule has 162 valence electrons. The second kappa shape index (κ2) is 8.71. The Bertz CT molecular complexity index is 846. The Hall–Kier alpha value is -2.48. The van der Waals surface area contributed by atoms with Crippen molar-refractivity contribution >= 4 is 17.7 Å². The van der Waals surface area contributed by atoms with Gasteiger partial charge in [0.15, 0.2) is 0 Å². The molecule has 1 aromatic carbocycles. The molecule has 2 heterocycles. The lowest BCUT2D eigenvalue weighted by atomic mass is 10.0. The molecule has 1 aliphatic carbocycles. The molecule has 1 saturated heterocycles. The highest BCUT2D eigenvalue weighted by Crippen LogP contribution is 2.33. The van der Waals surface area contributed by atoms with Crippen LogP contribution in [0.1, 0.15) is 54.9 Å². The molecule has 0 aromatic heterocycles. The first-order chi connectivity index (χ1) is 14.5. The highest BCUT2D eigenvalue weighted by Gasteiger charge is 2.39. The van der Waals surface area contributed by atoms with E-state index in [1.807, 2.05) is 13.0 Å². The summed E-state index contributed by atoms with van der Waals surface area (Å²) in [5.41, 5.74) is 1.40. The summed E-state index contributed by atoms with van der Waals surface area (Å²) in [7, 11) is 0. The minimum Gasteiger partial charge on any atom is -0.489 e. The van der Waals surface area contributed by atoms with Gasteiger partial charge in [0.1, 0.15) is 24.6 Å². The van der Waals surface area contributed by atoms with Crippen molar-refractivity contribution in [2.75, 3.05) is 19.8 Å². The van der Waals surface area contributed by atoms with E-state index in [-0.39, 0.29) is 37.1 Å². The molecule has 30 heavy (non-hydrogen) atoms. The summed E-state index contributed by atoms with van der Waals surface area (Å²) in [5.74, 6) is -0.203. The van der Waals surface area contributed by atoms with Gasteiger partial charge in [-0.1, -0.05) is 6.92 Å². The van der Waals surface area contributed by atoms with Gasteiger partial charge in [-0.3, -0.25) is 24.6 Å². The standard InChI is InChI=1S/C22H28FN3O4/c1-2-25(11-10-23)17-4-3-5-19(17)30-15-6-7-16-14(12-15)13-26(22(16)29)18-8-9-20(27)24-21(18)28/h6-7,12,17-19H,2-5,8-11,13H2,1H3,(H,24,27,28)/t17-,18?,19-/m1/s1. The average Bonchev–Trinajstić information content (AvgIpc) is 3.30. The van der Waals surface area contributed by atoms with E-state index in [9.17, 15) is 18.8 Å². The van der Waals surface area contributed by atoms with Crippen LogP contribution in [-0.4, -0.2) is 65.5 Å². The second-order valence-electron chi connectivity index (χ2n) is 8.19. The Balaban J connectivity index is 1.46. The van der Waals surface area contributed by atoms with Gasteiger partial charge in [0, 0.05) is 31.1 Å². The SMILES string of the molecule is CCN(CCF)[C@@H]1CCC[C@H]1Oc1ccc2c(c1)CN(C1CCC(=O)NC1=O)C2=O. The van der Waals surface area contributed by atoms with E-state index >= 15 is 0 Å². The lowest BCUT2D eigenvalue weighted by Crippen LogP contribution is -2.52. The van der Waals surface area contributed by atoms with Crippen LogP contribution >= 0.6 is 0 Å². The molecule has 2 fully saturated rings. The number of piperidine rings is 1. The summed E-state index contributed by atoms with van der Waals surface area (Å²) >= 11 is 0. The molecule has 0 spiro atoms. The van der Waals surface area contributed by atoms with Crippen molar-refractivity contribution in [1.29, 1.82) is 0 Å². The summed E-state index contributed by atoms with van der Waals surface area (Å²) in [6.45, 7) is 3.20. The fourth-order valence-electron chi connectivity index (χ4n) is 4.93. The molecule has 1 aromatic rings. The van der Waals surface area contributed by atoms with Crippen molar-refractivity contribution in [3.8, 4) is 5.75 Å². The number of nitrogens with one attached hydrogen (secondary N) is 1. The molecule has 4 rings (SSSR count). The summed E-state index contributed by atoms with van der Waals surface area (Å²) in [4.78, 5) is 40.1. The van der Waals surface area contributed by atoms with E-state index in [4.69, 9.17) is 4.74 Å². The lowest BCUT2D eigenvalue weighted by molar-refractivity contribution is -0.136. The maximum absolute atomic E-state index is 12.9. The number of fused-ring (bicyclic) bond motifs is 1. The normalized spacial score (nSPS) is 26.3. The van der Waals surface area contributed by atoms with Crippen molar-refractivity contribution in [1.82, 2.24) is 15.1 Å². The number of nitrogens with zero attached hydrogens (tertiary/aromatic N) is 2. The van der Waals surface area contributed by atoms with Gasteiger partial charge in [0.05, 0.1) is 0 Å². The number of amides is 3. The van der Waals surface area contributed by atoms with Gasteiger partial charge in [-0.25, -0.2) is 4.39 Å².